The lowest BCUT2D eigenvalue weighted by Crippen LogP contribution is -2.30. The molecule has 0 aliphatic heterocycles. The summed E-state index contributed by atoms with van der Waals surface area (Å²) in [6.45, 7) is 6.57. The minimum atomic E-state index is -0.784. The molecule has 6 heteroatoms. The van der Waals surface area contributed by atoms with Gasteiger partial charge in [-0.3, -0.25) is 14.4 Å². The summed E-state index contributed by atoms with van der Waals surface area (Å²) in [6, 6.07) is 0. The minimum absolute atomic E-state index is 0.0783. The van der Waals surface area contributed by atoms with Crippen molar-refractivity contribution in [3.63, 3.8) is 0 Å². The van der Waals surface area contributed by atoms with Gasteiger partial charge < -0.3 is 14.2 Å². The Bertz CT molecular complexity index is 1390. The Morgan fingerprint density at radius 3 is 0.795 bits per heavy atom. The molecule has 0 aromatic rings. The highest BCUT2D eigenvalue weighted by atomic mass is 16.6. The Labute approximate surface area is 485 Å². The summed E-state index contributed by atoms with van der Waals surface area (Å²) in [5, 5.41) is 0. The molecule has 0 aliphatic rings. The van der Waals surface area contributed by atoms with Crippen LogP contribution in [0.3, 0.4) is 0 Å². The van der Waals surface area contributed by atoms with Gasteiger partial charge in [-0.25, -0.2) is 0 Å². The lowest BCUT2D eigenvalue weighted by molar-refractivity contribution is -0.167. The van der Waals surface area contributed by atoms with Crippen molar-refractivity contribution in [2.24, 2.45) is 0 Å². The Hall–Kier alpha value is -2.89. The molecule has 0 saturated carbocycles. The molecule has 0 heterocycles. The van der Waals surface area contributed by atoms with Gasteiger partial charge in [-0.1, -0.05) is 319 Å². The van der Waals surface area contributed by atoms with E-state index in [2.05, 4.69) is 81.5 Å². The summed E-state index contributed by atoms with van der Waals surface area (Å²) in [7, 11) is 0. The number of carbonyl (C=O) groups is 3. The summed E-state index contributed by atoms with van der Waals surface area (Å²) in [5.74, 6) is -0.880. The van der Waals surface area contributed by atoms with Crippen molar-refractivity contribution < 1.29 is 28.6 Å². The summed E-state index contributed by atoms with van der Waals surface area (Å²) >= 11 is 0. The second-order valence-electron chi connectivity index (χ2n) is 23.1. The fourth-order valence-electron chi connectivity index (χ4n) is 10.1. The van der Waals surface area contributed by atoms with E-state index < -0.39 is 6.10 Å². The van der Waals surface area contributed by atoms with Crippen molar-refractivity contribution in [1.82, 2.24) is 0 Å². The molecule has 6 nitrogen and oxygen atoms in total. The average Bonchev–Trinajstić information content (AvgIpc) is 3.44. The molecular formula is C72H130O6. The highest BCUT2D eigenvalue weighted by Gasteiger charge is 2.19. The van der Waals surface area contributed by atoms with Gasteiger partial charge in [0.1, 0.15) is 13.2 Å². The first-order valence-corrected chi connectivity index (χ1v) is 34.3. The lowest BCUT2D eigenvalue weighted by Gasteiger charge is -2.18. The normalized spacial score (nSPS) is 12.4. The molecule has 0 aliphatic carbocycles. The number of ether oxygens (including phenoxy) is 3. The average molecular weight is 1090 g/mol. The summed E-state index contributed by atoms with van der Waals surface area (Å²) < 4.78 is 17.0. The van der Waals surface area contributed by atoms with Crippen molar-refractivity contribution in [3.8, 4) is 0 Å². The second-order valence-corrected chi connectivity index (χ2v) is 23.1. The monoisotopic (exact) mass is 1090 g/mol. The molecule has 0 fully saturated rings. The van der Waals surface area contributed by atoms with E-state index >= 15 is 0 Å². The SMILES string of the molecule is CC/C=C\C/C=C\C/C=C\C/C=C\CCCCCCC(=O)OCC(COC(=O)CCCCCCCCCCCCCCC/C=C\CCCCCCCCCC)OC(=O)CCCCCCCCCCCCCCCCCCCC. The van der Waals surface area contributed by atoms with Crippen LogP contribution >= 0.6 is 0 Å². The topological polar surface area (TPSA) is 78.9 Å². The molecule has 78 heavy (non-hydrogen) atoms. The van der Waals surface area contributed by atoms with E-state index in [1.54, 1.807) is 0 Å². The van der Waals surface area contributed by atoms with Crippen LogP contribution in [-0.2, 0) is 28.6 Å². The quantitative estimate of drug-likeness (QED) is 0.0261. The third-order valence-corrected chi connectivity index (χ3v) is 15.3. The molecule has 1 unspecified atom stereocenters. The molecule has 0 N–H and O–H groups in total. The Kier molecular flexibility index (Phi) is 64.2. The van der Waals surface area contributed by atoms with Crippen LogP contribution in [0, 0.1) is 0 Å². The maximum Gasteiger partial charge on any atom is 0.306 e. The molecule has 0 saturated heterocycles. The molecular weight excluding hydrogens is 961 g/mol. The molecule has 1 atom stereocenters. The van der Waals surface area contributed by atoms with Crippen molar-refractivity contribution >= 4 is 17.9 Å². The maximum atomic E-state index is 12.9. The predicted molar refractivity (Wildman–Crippen MR) is 339 cm³/mol. The number of rotatable bonds is 63. The standard InChI is InChI=1S/C72H130O6/c1-4-7-10-13-16-19-22-25-28-31-33-34-35-36-37-38-39-42-44-47-50-53-56-59-62-65-71(74)77-68-69(67-76-70(73)64-61-58-55-52-49-46-43-40-30-27-24-21-18-15-12-9-6-3)78-72(75)66-63-60-57-54-51-48-45-41-32-29-26-23-20-17-14-11-8-5-2/h9,12,18,21,27,30-31,33,43,46,69H,4-8,10-11,13-17,19-20,22-26,28-29,32,34-42,44-45,47-68H2,1-3H3/b12-9-,21-18-,30-27-,33-31-,46-43-. The first-order valence-electron chi connectivity index (χ1n) is 34.3. The third kappa shape index (κ3) is 63.9. The van der Waals surface area contributed by atoms with Crippen molar-refractivity contribution in [2.45, 2.75) is 367 Å². The van der Waals surface area contributed by atoms with Crippen LogP contribution in [0.4, 0.5) is 0 Å². The van der Waals surface area contributed by atoms with Gasteiger partial charge in [0.15, 0.2) is 6.10 Å². The Balaban J connectivity index is 4.31. The van der Waals surface area contributed by atoms with Crippen molar-refractivity contribution in [1.29, 1.82) is 0 Å². The van der Waals surface area contributed by atoms with Gasteiger partial charge >= 0.3 is 17.9 Å². The molecule has 0 rings (SSSR count). The van der Waals surface area contributed by atoms with E-state index in [0.717, 1.165) is 96.3 Å². The van der Waals surface area contributed by atoms with E-state index in [1.807, 2.05) is 0 Å². The van der Waals surface area contributed by atoms with Gasteiger partial charge in [-0.05, 0) is 83.5 Å². The molecule has 0 radical (unpaired) electrons. The van der Waals surface area contributed by atoms with Gasteiger partial charge in [-0.15, -0.1) is 0 Å². The second kappa shape index (κ2) is 66.6. The Morgan fingerprint density at radius 2 is 0.500 bits per heavy atom. The van der Waals surface area contributed by atoms with Crippen LogP contribution in [-0.4, -0.2) is 37.2 Å². The summed E-state index contributed by atoms with van der Waals surface area (Å²) in [5.41, 5.74) is 0. The van der Waals surface area contributed by atoms with Gasteiger partial charge in [0, 0.05) is 19.3 Å². The van der Waals surface area contributed by atoms with Crippen LogP contribution < -0.4 is 0 Å². The summed E-state index contributed by atoms with van der Waals surface area (Å²) in [4.78, 5) is 38.4. The first-order chi connectivity index (χ1) is 38.5. The lowest BCUT2D eigenvalue weighted by atomic mass is 10.0. The maximum absolute atomic E-state index is 12.9. The number of allylic oxidation sites excluding steroid dienone is 10. The minimum Gasteiger partial charge on any atom is -0.462 e. The van der Waals surface area contributed by atoms with Crippen molar-refractivity contribution in [2.75, 3.05) is 13.2 Å². The van der Waals surface area contributed by atoms with Crippen LogP contribution in [0.5, 0.6) is 0 Å². The van der Waals surface area contributed by atoms with E-state index in [0.29, 0.717) is 19.3 Å². The number of hydrogen-bond donors (Lipinski definition) is 0. The fraction of sp³-hybridized carbons (Fsp3) is 0.819. The van der Waals surface area contributed by atoms with E-state index in [-0.39, 0.29) is 31.1 Å². The van der Waals surface area contributed by atoms with Gasteiger partial charge in [0.25, 0.3) is 0 Å². The van der Waals surface area contributed by atoms with Crippen molar-refractivity contribution in [3.05, 3.63) is 60.8 Å². The molecule has 0 spiro atoms. The largest absolute Gasteiger partial charge is 0.462 e. The number of hydrogen-bond acceptors (Lipinski definition) is 6. The van der Waals surface area contributed by atoms with Gasteiger partial charge in [-0.2, -0.15) is 0 Å². The van der Waals surface area contributed by atoms with Crippen LogP contribution in [0.2, 0.25) is 0 Å². The first kappa shape index (κ1) is 75.1. The number of unbranched alkanes of at least 4 members (excludes halogenated alkanes) is 42. The van der Waals surface area contributed by atoms with E-state index in [1.165, 1.54) is 225 Å². The number of esters is 3. The molecule has 0 amide bonds. The highest BCUT2D eigenvalue weighted by Crippen LogP contribution is 2.18. The van der Waals surface area contributed by atoms with Gasteiger partial charge in [0.05, 0.1) is 0 Å². The van der Waals surface area contributed by atoms with Crippen LogP contribution in [0.25, 0.3) is 0 Å². The predicted octanol–water partition coefficient (Wildman–Crippen LogP) is 23.5. The highest BCUT2D eigenvalue weighted by molar-refractivity contribution is 5.71. The molecule has 0 aromatic heterocycles. The summed E-state index contributed by atoms with van der Waals surface area (Å²) in [6.07, 6.45) is 85.3. The zero-order valence-corrected chi connectivity index (χ0v) is 52.2. The number of carbonyl (C=O) groups excluding carboxylic acids is 3. The molecule has 0 bridgehead atoms. The van der Waals surface area contributed by atoms with Crippen LogP contribution in [0.15, 0.2) is 60.8 Å². The molecule has 0 aromatic carbocycles. The third-order valence-electron chi connectivity index (χ3n) is 15.3. The zero-order valence-electron chi connectivity index (χ0n) is 52.2. The zero-order chi connectivity index (χ0) is 56.4. The molecule has 454 valence electrons. The van der Waals surface area contributed by atoms with Crippen LogP contribution in [0.1, 0.15) is 361 Å². The van der Waals surface area contributed by atoms with E-state index in [9.17, 15) is 14.4 Å². The van der Waals surface area contributed by atoms with E-state index in [4.69, 9.17) is 14.2 Å². The smallest absolute Gasteiger partial charge is 0.306 e. The fourth-order valence-corrected chi connectivity index (χ4v) is 10.1. The Morgan fingerprint density at radius 1 is 0.269 bits per heavy atom. The van der Waals surface area contributed by atoms with Gasteiger partial charge in [0.2, 0.25) is 0 Å².